The SMILES string of the molecule is [Cl-].c1cc2c(cc1C[N+]13CN4CN(CN(C4)C1)C3)OCO2. The number of ether oxygens (including phenoxy) is 2. The van der Waals surface area contributed by atoms with Gasteiger partial charge in [-0.1, -0.05) is 0 Å². The Labute approximate surface area is 130 Å². The van der Waals surface area contributed by atoms with Gasteiger partial charge in [-0.15, -0.1) is 0 Å². The molecular weight excluding hydrogens is 292 g/mol. The van der Waals surface area contributed by atoms with Gasteiger partial charge in [0, 0.05) is 5.56 Å². The number of hydrogen-bond acceptors (Lipinski definition) is 5. The largest absolute Gasteiger partial charge is 1.00 e. The molecule has 5 heterocycles. The van der Waals surface area contributed by atoms with E-state index in [1.54, 1.807) is 0 Å². The average Bonchev–Trinajstić information content (AvgIpc) is 2.83. The van der Waals surface area contributed by atoms with Crippen molar-refractivity contribution in [1.29, 1.82) is 0 Å². The smallest absolute Gasteiger partial charge is 0.231 e. The second kappa shape index (κ2) is 4.72. The van der Waals surface area contributed by atoms with Crippen molar-refractivity contribution >= 4 is 0 Å². The summed E-state index contributed by atoms with van der Waals surface area (Å²) >= 11 is 0. The first-order valence-corrected chi connectivity index (χ1v) is 7.19. The summed E-state index contributed by atoms with van der Waals surface area (Å²) in [5.41, 5.74) is 1.35. The Kier molecular flexibility index (Phi) is 3.06. The molecule has 0 radical (unpaired) electrons. The lowest BCUT2D eigenvalue weighted by Crippen LogP contribution is -3.00. The monoisotopic (exact) mass is 310 g/mol. The zero-order valence-corrected chi connectivity index (χ0v) is 12.6. The van der Waals surface area contributed by atoms with E-state index >= 15 is 0 Å². The Morgan fingerprint density at radius 2 is 1.52 bits per heavy atom. The molecule has 1 aromatic rings. The van der Waals surface area contributed by atoms with E-state index in [-0.39, 0.29) is 12.4 Å². The number of benzene rings is 1. The molecule has 0 amide bonds. The van der Waals surface area contributed by atoms with Crippen LogP contribution in [0.4, 0.5) is 0 Å². The number of quaternary nitrogens is 1. The maximum absolute atomic E-state index is 5.50. The molecule has 0 N–H and O–H groups in total. The standard InChI is InChI=1S/C14H19N4O2.ClH/c1-2-13-14(20-11-19-13)3-12(1)4-18-8-15-5-16(9-18)7-17(6-15)10-18;/h1-3H,4-11H2;1H/q+1;/p-1. The third kappa shape index (κ3) is 2.18. The molecule has 21 heavy (non-hydrogen) atoms. The average molecular weight is 311 g/mol. The molecule has 4 saturated heterocycles. The highest BCUT2D eigenvalue weighted by Crippen LogP contribution is 2.35. The molecule has 1 aromatic carbocycles. The number of hydrogen-bond donors (Lipinski definition) is 0. The quantitative estimate of drug-likeness (QED) is 0.560. The summed E-state index contributed by atoms with van der Waals surface area (Å²) in [6.45, 7) is 8.34. The molecule has 0 aliphatic carbocycles. The van der Waals surface area contributed by atoms with Crippen LogP contribution < -0.4 is 21.9 Å². The Morgan fingerprint density at radius 1 is 0.905 bits per heavy atom. The van der Waals surface area contributed by atoms with Crippen LogP contribution in [0.5, 0.6) is 11.5 Å². The molecule has 6 rings (SSSR count). The van der Waals surface area contributed by atoms with Gasteiger partial charge in [0.05, 0.1) is 20.0 Å². The van der Waals surface area contributed by atoms with E-state index in [0.717, 1.165) is 42.5 Å². The third-order valence-corrected chi connectivity index (χ3v) is 4.65. The summed E-state index contributed by atoms with van der Waals surface area (Å²) in [4.78, 5) is 7.64. The molecule has 114 valence electrons. The van der Waals surface area contributed by atoms with Gasteiger partial charge in [-0.3, -0.25) is 4.48 Å². The van der Waals surface area contributed by atoms with Gasteiger partial charge >= 0.3 is 0 Å². The molecule has 7 heteroatoms. The normalized spacial score (nSPS) is 38.4. The summed E-state index contributed by atoms with van der Waals surface area (Å²) in [6.07, 6.45) is 0. The van der Waals surface area contributed by atoms with E-state index in [9.17, 15) is 0 Å². The van der Waals surface area contributed by atoms with Crippen LogP contribution in [0.3, 0.4) is 0 Å². The van der Waals surface area contributed by atoms with Gasteiger partial charge in [-0.25, -0.2) is 14.7 Å². The summed E-state index contributed by atoms with van der Waals surface area (Å²) in [5, 5.41) is 0. The van der Waals surface area contributed by atoms with Crippen molar-refractivity contribution in [3.05, 3.63) is 23.8 Å². The van der Waals surface area contributed by atoms with Gasteiger partial charge in [-0.05, 0) is 18.2 Å². The fraction of sp³-hybridized carbons (Fsp3) is 0.571. The van der Waals surface area contributed by atoms with Crippen molar-refractivity contribution in [2.75, 3.05) is 46.8 Å². The van der Waals surface area contributed by atoms with Crippen molar-refractivity contribution in [3.8, 4) is 11.5 Å². The zero-order chi connectivity index (χ0) is 13.2. The molecule has 4 fully saturated rings. The highest BCUT2D eigenvalue weighted by atomic mass is 35.5. The molecule has 0 atom stereocenters. The van der Waals surface area contributed by atoms with Gasteiger partial charge in [0.15, 0.2) is 11.5 Å². The minimum absolute atomic E-state index is 0. The van der Waals surface area contributed by atoms with Gasteiger partial charge in [0.2, 0.25) is 6.79 Å². The molecule has 0 aromatic heterocycles. The first-order valence-electron chi connectivity index (χ1n) is 7.19. The lowest BCUT2D eigenvalue weighted by Gasteiger charge is -2.60. The van der Waals surface area contributed by atoms with Crippen molar-refractivity contribution in [2.45, 2.75) is 6.54 Å². The number of nitrogens with zero attached hydrogens (tertiary/aromatic N) is 4. The van der Waals surface area contributed by atoms with Gasteiger partial charge < -0.3 is 21.9 Å². The van der Waals surface area contributed by atoms with E-state index in [0.29, 0.717) is 6.79 Å². The molecule has 0 unspecified atom stereocenters. The van der Waals surface area contributed by atoms with E-state index in [1.165, 1.54) is 25.6 Å². The molecular formula is C14H19ClN4O2. The number of rotatable bonds is 2. The van der Waals surface area contributed by atoms with Crippen molar-refractivity contribution in [2.24, 2.45) is 0 Å². The Morgan fingerprint density at radius 3 is 2.19 bits per heavy atom. The topological polar surface area (TPSA) is 28.2 Å². The van der Waals surface area contributed by atoms with Crippen molar-refractivity contribution in [3.63, 3.8) is 0 Å². The third-order valence-electron chi connectivity index (χ3n) is 4.65. The first kappa shape index (κ1) is 13.6. The fourth-order valence-corrected chi connectivity index (χ4v) is 4.23. The fourth-order valence-electron chi connectivity index (χ4n) is 4.23. The number of halogens is 1. The molecule has 5 aliphatic rings. The highest BCUT2D eigenvalue weighted by Gasteiger charge is 2.48. The van der Waals surface area contributed by atoms with Gasteiger partial charge in [-0.2, -0.15) is 0 Å². The van der Waals surface area contributed by atoms with Crippen LogP contribution in [-0.4, -0.2) is 66.0 Å². The minimum atomic E-state index is 0. The van der Waals surface area contributed by atoms with E-state index in [2.05, 4.69) is 26.8 Å². The van der Waals surface area contributed by atoms with Crippen LogP contribution in [0, 0.1) is 0 Å². The first-order chi connectivity index (χ1) is 9.78. The Balaban J connectivity index is 0.00000115. The van der Waals surface area contributed by atoms with E-state index in [4.69, 9.17) is 9.47 Å². The predicted octanol–water partition coefficient (Wildman–Crippen LogP) is -2.57. The van der Waals surface area contributed by atoms with Crippen LogP contribution in [-0.2, 0) is 6.54 Å². The van der Waals surface area contributed by atoms with Crippen LogP contribution in [0.15, 0.2) is 18.2 Å². The minimum Gasteiger partial charge on any atom is -1.00 e. The highest BCUT2D eigenvalue weighted by molar-refractivity contribution is 5.44. The predicted molar refractivity (Wildman–Crippen MR) is 71.2 cm³/mol. The van der Waals surface area contributed by atoms with E-state index < -0.39 is 0 Å². The molecule has 4 bridgehead atoms. The Hall–Kier alpha value is -1.05. The second-order valence-electron chi connectivity index (χ2n) is 6.55. The lowest BCUT2D eigenvalue weighted by molar-refractivity contribution is -0.991. The van der Waals surface area contributed by atoms with Crippen molar-refractivity contribution < 1.29 is 26.4 Å². The maximum Gasteiger partial charge on any atom is 0.231 e. The van der Waals surface area contributed by atoms with Gasteiger partial charge in [0.25, 0.3) is 0 Å². The summed E-state index contributed by atoms with van der Waals surface area (Å²) in [6, 6.07) is 6.38. The molecule has 0 spiro atoms. The number of fused-ring (bicyclic) bond motifs is 1. The van der Waals surface area contributed by atoms with Crippen LogP contribution in [0.1, 0.15) is 5.56 Å². The van der Waals surface area contributed by atoms with Crippen LogP contribution in [0.2, 0.25) is 0 Å². The second-order valence-corrected chi connectivity index (χ2v) is 6.55. The summed E-state index contributed by atoms with van der Waals surface area (Å²) < 4.78 is 12.0. The molecule has 6 nitrogen and oxygen atoms in total. The van der Waals surface area contributed by atoms with Crippen molar-refractivity contribution in [1.82, 2.24) is 14.7 Å². The molecule has 5 aliphatic heterocycles. The summed E-state index contributed by atoms with van der Waals surface area (Å²) in [7, 11) is 0. The zero-order valence-electron chi connectivity index (χ0n) is 11.9. The van der Waals surface area contributed by atoms with Crippen LogP contribution >= 0.6 is 0 Å². The van der Waals surface area contributed by atoms with Crippen LogP contribution in [0.25, 0.3) is 0 Å². The lowest BCUT2D eigenvalue weighted by atomic mass is 10.1. The van der Waals surface area contributed by atoms with E-state index in [1.807, 2.05) is 6.07 Å². The Bertz CT molecular complexity index is 533. The van der Waals surface area contributed by atoms with Gasteiger partial charge in [0.1, 0.15) is 26.6 Å². The molecule has 0 saturated carbocycles. The maximum atomic E-state index is 5.50. The summed E-state index contributed by atoms with van der Waals surface area (Å²) in [5.74, 6) is 1.78.